The van der Waals surface area contributed by atoms with Crippen molar-refractivity contribution in [3.63, 3.8) is 0 Å². The summed E-state index contributed by atoms with van der Waals surface area (Å²) in [5.74, 6) is -3.84. The third-order valence-corrected chi connectivity index (χ3v) is 6.60. The highest BCUT2D eigenvalue weighted by Crippen LogP contribution is 2.49. The van der Waals surface area contributed by atoms with Gasteiger partial charge in [-0.2, -0.15) is 13.2 Å². The molecule has 2 aliphatic rings. The lowest BCUT2D eigenvalue weighted by atomic mass is 9.65. The van der Waals surface area contributed by atoms with Crippen LogP contribution in [0.4, 0.5) is 27.6 Å². The zero-order chi connectivity index (χ0) is 21.4. The molecule has 8 heteroatoms. The maximum Gasteiger partial charge on any atom is 0.418 e. The van der Waals surface area contributed by atoms with Gasteiger partial charge in [-0.15, -0.1) is 0 Å². The van der Waals surface area contributed by atoms with Gasteiger partial charge in [0.05, 0.1) is 5.56 Å². The third-order valence-electron chi connectivity index (χ3n) is 6.60. The number of benzene rings is 1. The Hall–Kier alpha value is -1.86. The van der Waals surface area contributed by atoms with Crippen LogP contribution in [-0.2, 0) is 16.9 Å². The molecule has 1 aliphatic heterocycles. The van der Waals surface area contributed by atoms with Gasteiger partial charge in [-0.3, -0.25) is 4.79 Å². The van der Waals surface area contributed by atoms with Gasteiger partial charge in [0.25, 0.3) is 5.92 Å². The van der Waals surface area contributed by atoms with Gasteiger partial charge in [-0.05, 0) is 62.0 Å². The Morgan fingerprint density at radius 3 is 2.17 bits per heavy atom. The van der Waals surface area contributed by atoms with Crippen molar-refractivity contribution >= 4 is 11.7 Å². The first-order valence-corrected chi connectivity index (χ1v) is 9.96. The lowest BCUT2D eigenvalue weighted by Crippen LogP contribution is -2.42. The number of carbonyl (C=O) groups is 1. The molecule has 1 aliphatic carbocycles. The maximum absolute atomic E-state index is 13.7. The van der Waals surface area contributed by atoms with E-state index in [1.54, 1.807) is 4.90 Å². The zero-order valence-electron chi connectivity index (χ0n) is 16.4. The van der Waals surface area contributed by atoms with Crippen LogP contribution in [-0.4, -0.2) is 24.2 Å². The van der Waals surface area contributed by atoms with E-state index in [0.717, 1.165) is 43.9 Å². The Bertz CT molecular complexity index is 738. The molecule has 1 heterocycles. The molecule has 1 N–H and O–H groups in total. The van der Waals surface area contributed by atoms with Gasteiger partial charge in [0.2, 0.25) is 0 Å². The van der Waals surface area contributed by atoms with Gasteiger partial charge in [-0.1, -0.05) is 6.07 Å². The SMILES string of the molecule is CC(F)(F)c1ccc(C(F)(F)F)c(N2CCC3(CCC(CC(=O)O)CC3)CC2)c1. The summed E-state index contributed by atoms with van der Waals surface area (Å²) in [6.07, 6.45) is 0.314. The summed E-state index contributed by atoms with van der Waals surface area (Å²) in [6.45, 7) is 1.44. The molecule has 0 unspecified atom stereocenters. The summed E-state index contributed by atoms with van der Waals surface area (Å²) in [5, 5.41) is 8.95. The minimum absolute atomic E-state index is 0.0240. The molecule has 1 aromatic rings. The molecular weight excluding hydrogens is 393 g/mol. The second-order valence-corrected chi connectivity index (χ2v) is 8.65. The van der Waals surface area contributed by atoms with Gasteiger partial charge in [-0.25, -0.2) is 8.78 Å². The summed E-state index contributed by atoms with van der Waals surface area (Å²) >= 11 is 0. The molecular formula is C21H26F5NO2. The first kappa shape index (κ1) is 21.8. The number of hydrogen-bond donors (Lipinski definition) is 1. The minimum Gasteiger partial charge on any atom is -0.481 e. The van der Waals surface area contributed by atoms with E-state index in [-0.39, 0.29) is 23.4 Å². The van der Waals surface area contributed by atoms with Crippen LogP contribution in [0.1, 0.15) is 63.0 Å². The number of carboxylic acids is 1. The van der Waals surface area contributed by atoms with Crippen molar-refractivity contribution < 1.29 is 31.9 Å². The van der Waals surface area contributed by atoms with Crippen LogP contribution in [0.3, 0.4) is 0 Å². The van der Waals surface area contributed by atoms with Crippen LogP contribution in [0.2, 0.25) is 0 Å². The van der Waals surface area contributed by atoms with Crippen LogP contribution in [0.5, 0.6) is 0 Å². The molecule has 0 bridgehead atoms. The van der Waals surface area contributed by atoms with Gasteiger partial charge in [0.1, 0.15) is 0 Å². The van der Waals surface area contributed by atoms with Crippen LogP contribution in [0, 0.1) is 11.3 Å². The molecule has 29 heavy (non-hydrogen) atoms. The van der Waals surface area contributed by atoms with Crippen molar-refractivity contribution in [3.05, 3.63) is 29.3 Å². The Morgan fingerprint density at radius 2 is 1.69 bits per heavy atom. The smallest absolute Gasteiger partial charge is 0.418 e. The zero-order valence-corrected chi connectivity index (χ0v) is 16.4. The van der Waals surface area contributed by atoms with Crippen molar-refractivity contribution in [1.82, 2.24) is 0 Å². The molecule has 0 amide bonds. The first-order chi connectivity index (χ1) is 13.4. The van der Waals surface area contributed by atoms with Crippen molar-refractivity contribution in [3.8, 4) is 0 Å². The van der Waals surface area contributed by atoms with Crippen LogP contribution >= 0.6 is 0 Å². The number of piperidine rings is 1. The van der Waals surface area contributed by atoms with Gasteiger partial charge in [0.15, 0.2) is 0 Å². The molecule has 0 radical (unpaired) electrons. The van der Waals surface area contributed by atoms with Crippen molar-refractivity contribution in [2.75, 3.05) is 18.0 Å². The Labute approximate surface area is 166 Å². The molecule has 3 rings (SSSR count). The maximum atomic E-state index is 13.7. The summed E-state index contributed by atoms with van der Waals surface area (Å²) in [5.41, 5.74) is -1.46. The van der Waals surface area contributed by atoms with Crippen molar-refractivity contribution in [2.24, 2.45) is 11.3 Å². The summed E-state index contributed by atoms with van der Waals surface area (Å²) in [7, 11) is 0. The predicted octanol–water partition coefficient (Wildman–Crippen LogP) is 6.07. The van der Waals surface area contributed by atoms with E-state index in [1.165, 1.54) is 0 Å². The van der Waals surface area contributed by atoms with Gasteiger partial charge in [0, 0.05) is 37.7 Å². The largest absolute Gasteiger partial charge is 0.481 e. The van der Waals surface area contributed by atoms with Gasteiger partial charge >= 0.3 is 12.1 Å². The molecule has 162 valence electrons. The lowest BCUT2D eigenvalue weighted by molar-refractivity contribution is -0.139. The molecule has 2 fully saturated rings. The van der Waals surface area contributed by atoms with Crippen molar-refractivity contribution in [1.29, 1.82) is 0 Å². The summed E-state index contributed by atoms with van der Waals surface area (Å²) < 4.78 is 67.8. The molecule has 0 atom stereocenters. The fourth-order valence-electron chi connectivity index (χ4n) is 4.77. The van der Waals surface area contributed by atoms with E-state index in [2.05, 4.69) is 0 Å². The Morgan fingerprint density at radius 1 is 1.10 bits per heavy atom. The summed E-state index contributed by atoms with van der Waals surface area (Å²) in [6, 6.07) is 2.58. The second kappa shape index (κ2) is 7.76. The number of halogens is 5. The normalized spacial score (nSPS) is 20.8. The fourth-order valence-corrected chi connectivity index (χ4v) is 4.77. The highest BCUT2D eigenvalue weighted by molar-refractivity contribution is 5.67. The van der Waals surface area contributed by atoms with E-state index in [4.69, 9.17) is 5.11 Å². The van der Waals surface area contributed by atoms with Crippen molar-refractivity contribution in [2.45, 2.75) is 64.0 Å². The number of rotatable bonds is 4. The highest BCUT2D eigenvalue weighted by Gasteiger charge is 2.41. The first-order valence-electron chi connectivity index (χ1n) is 9.96. The monoisotopic (exact) mass is 419 g/mol. The number of aliphatic carboxylic acids is 1. The average Bonchev–Trinajstić information content (AvgIpc) is 2.62. The van der Waals surface area contributed by atoms with Crippen LogP contribution in [0.15, 0.2) is 18.2 Å². The number of hydrogen-bond acceptors (Lipinski definition) is 2. The van der Waals surface area contributed by atoms with E-state index >= 15 is 0 Å². The average molecular weight is 419 g/mol. The lowest BCUT2D eigenvalue weighted by Gasteiger charge is -2.47. The molecule has 1 saturated carbocycles. The van der Waals surface area contributed by atoms with E-state index in [0.29, 0.717) is 32.9 Å². The molecule has 1 aromatic carbocycles. The van der Waals surface area contributed by atoms with E-state index in [9.17, 15) is 26.7 Å². The number of alkyl halides is 5. The topological polar surface area (TPSA) is 40.5 Å². The highest BCUT2D eigenvalue weighted by atomic mass is 19.4. The summed E-state index contributed by atoms with van der Waals surface area (Å²) in [4.78, 5) is 12.5. The number of nitrogens with zero attached hydrogens (tertiary/aromatic N) is 1. The predicted molar refractivity (Wildman–Crippen MR) is 99.1 cm³/mol. The fraction of sp³-hybridized carbons (Fsp3) is 0.667. The van der Waals surface area contributed by atoms with Crippen LogP contribution < -0.4 is 4.90 Å². The molecule has 0 aromatic heterocycles. The second-order valence-electron chi connectivity index (χ2n) is 8.65. The Kier molecular flexibility index (Phi) is 5.84. The minimum atomic E-state index is -4.61. The molecule has 1 spiro atoms. The molecule has 1 saturated heterocycles. The third kappa shape index (κ3) is 5.01. The van der Waals surface area contributed by atoms with Crippen LogP contribution in [0.25, 0.3) is 0 Å². The molecule has 3 nitrogen and oxygen atoms in total. The number of anilines is 1. The quantitative estimate of drug-likeness (QED) is 0.603. The van der Waals surface area contributed by atoms with E-state index in [1.807, 2.05) is 0 Å². The van der Waals surface area contributed by atoms with E-state index < -0.39 is 29.2 Å². The standard InChI is InChI=1S/C21H26F5NO2/c1-19(22,23)15-2-3-16(21(24,25)26)17(13-15)27-10-8-20(9-11-27)6-4-14(5-7-20)12-18(28)29/h2-3,13-14H,4-12H2,1H3,(H,28,29). The van der Waals surface area contributed by atoms with Gasteiger partial charge < -0.3 is 10.0 Å². The number of carboxylic acid groups (broad SMARTS) is 1. The Balaban J connectivity index is 1.74.